The van der Waals surface area contributed by atoms with Gasteiger partial charge in [-0.15, -0.1) is 0 Å². The molecule has 74 valence electrons. The Labute approximate surface area is 91.7 Å². The van der Waals surface area contributed by atoms with Crippen LogP contribution in [0.25, 0.3) is 6.08 Å². The first-order valence-electron chi connectivity index (χ1n) is 4.24. The van der Waals surface area contributed by atoms with Crippen molar-refractivity contribution in [3.8, 4) is 0 Å². The molecule has 0 fully saturated rings. The Kier molecular flexibility index (Phi) is 4.40. The van der Waals surface area contributed by atoms with Gasteiger partial charge in [0.15, 0.2) is 0 Å². The summed E-state index contributed by atoms with van der Waals surface area (Å²) in [4.78, 5) is 10.4. The molecule has 0 radical (unpaired) electrons. The van der Waals surface area contributed by atoms with Gasteiger partial charge in [0, 0.05) is 11.4 Å². The second-order valence-corrected chi connectivity index (χ2v) is 3.68. The van der Waals surface area contributed by atoms with Gasteiger partial charge in [0.2, 0.25) is 0 Å². The maximum Gasteiger partial charge on any atom is 0.302 e. The lowest BCUT2D eigenvalue weighted by molar-refractivity contribution is -0.139. The summed E-state index contributed by atoms with van der Waals surface area (Å²) < 4.78 is 5.79. The van der Waals surface area contributed by atoms with E-state index in [-0.39, 0.29) is 5.97 Å². The summed E-state index contributed by atoms with van der Waals surface area (Å²) in [7, 11) is 0. The van der Waals surface area contributed by atoms with E-state index >= 15 is 0 Å². The first-order chi connectivity index (χ1) is 6.68. The van der Waals surface area contributed by atoms with E-state index in [9.17, 15) is 4.79 Å². The number of rotatable bonds is 3. The van der Waals surface area contributed by atoms with Crippen LogP contribution in [-0.2, 0) is 9.53 Å². The van der Waals surface area contributed by atoms with Crippen molar-refractivity contribution in [3.05, 3.63) is 40.4 Å². The number of hydrogen-bond donors (Lipinski definition) is 0. The van der Waals surface area contributed by atoms with Crippen LogP contribution in [-0.4, -0.2) is 12.6 Å². The van der Waals surface area contributed by atoms with Crippen LogP contribution in [0.5, 0.6) is 0 Å². The van der Waals surface area contributed by atoms with Crippen LogP contribution in [0.1, 0.15) is 12.5 Å². The van der Waals surface area contributed by atoms with E-state index in [1.807, 2.05) is 36.4 Å². The molecule has 3 heteroatoms. The van der Waals surface area contributed by atoms with Crippen molar-refractivity contribution >= 4 is 28.0 Å². The molecule has 0 aromatic heterocycles. The molecular weight excluding hydrogens is 244 g/mol. The highest BCUT2D eigenvalue weighted by Crippen LogP contribution is 2.12. The van der Waals surface area contributed by atoms with Crippen molar-refractivity contribution in [2.75, 3.05) is 6.61 Å². The SMILES string of the molecule is CC(=O)OCC=Cc1cccc(Br)c1. The Morgan fingerprint density at radius 3 is 3.00 bits per heavy atom. The minimum absolute atomic E-state index is 0.260. The number of hydrogen-bond acceptors (Lipinski definition) is 2. The third-order valence-corrected chi connectivity index (χ3v) is 2.04. The zero-order valence-corrected chi connectivity index (χ0v) is 9.45. The summed E-state index contributed by atoms with van der Waals surface area (Å²) in [6, 6.07) is 7.89. The molecule has 0 unspecified atom stereocenters. The second kappa shape index (κ2) is 5.60. The summed E-state index contributed by atoms with van der Waals surface area (Å²) >= 11 is 3.38. The number of esters is 1. The fraction of sp³-hybridized carbons (Fsp3) is 0.182. The van der Waals surface area contributed by atoms with E-state index in [2.05, 4.69) is 15.9 Å². The van der Waals surface area contributed by atoms with Crippen LogP contribution >= 0.6 is 15.9 Å². The van der Waals surface area contributed by atoms with Crippen LogP contribution in [0.4, 0.5) is 0 Å². The molecule has 0 spiro atoms. The summed E-state index contributed by atoms with van der Waals surface area (Å²) in [5.74, 6) is -0.260. The lowest BCUT2D eigenvalue weighted by atomic mass is 10.2. The van der Waals surface area contributed by atoms with Gasteiger partial charge in [0.1, 0.15) is 6.61 Å². The van der Waals surface area contributed by atoms with Crippen LogP contribution in [0.3, 0.4) is 0 Å². The minimum atomic E-state index is -0.260. The largest absolute Gasteiger partial charge is 0.462 e. The van der Waals surface area contributed by atoms with Gasteiger partial charge in [-0.05, 0) is 23.8 Å². The first kappa shape index (κ1) is 11.0. The average molecular weight is 255 g/mol. The van der Waals surface area contributed by atoms with Gasteiger partial charge in [0.25, 0.3) is 0 Å². The van der Waals surface area contributed by atoms with Crippen molar-refractivity contribution in [2.45, 2.75) is 6.92 Å². The van der Waals surface area contributed by atoms with E-state index < -0.39 is 0 Å². The molecule has 0 aliphatic heterocycles. The van der Waals surface area contributed by atoms with Crippen molar-refractivity contribution in [3.63, 3.8) is 0 Å². The smallest absolute Gasteiger partial charge is 0.302 e. The maximum atomic E-state index is 10.4. The molecule has 0 aliphatic rings. The second-order valence-electron chi connectivity index (χ2n) is 2.76. The minimum Gasteiger partial charge on any atom is -0.462 e. The highest BCUT2D eigenvalue weighted by molar-refractivity contribution is 9.10. The molecule has 1 rings (SSSR count). The number of carbonyl (C=O) groups is 1. The lowest BCUT2D eigenvalue weighted by Crippen LogP contribution is -1.97. The Hall–Kier alpha value is -1.09. The molecule has 0 bridgehead atoms. The lowest BCUT2D eigenvalue weighted by Gasteiger charge is -1.96. The topological polar surface area (TPSA) is 26.3 Å². The van der Waals surface area contributed by atoms with Gasteiger partial charge < -0.3 is 4.74 Å². The normalized spacial score (nSPS) is 10.4. The number of benzene rings is 1. The summed E-state index contributed by atoms with van der Waals surface area (Å²) in [5, 5.41) is 0. The number of ether oxygens (including phenoxy) is 1. The van der Waals surface area contributed by atoms with Crippen molar-refractivity contribution in [1.29, 1.82) is 0 Å². The van der Waals surface area contributed by atoms with Crippen molar-refractivity contribution in [2.24, 2.45) is 0 Å². The Morgan fingerprint density at radius 2 is 2.36 bits per heavy atom. The summed E-state index contributed by atoms with van der Waals surface area (Å²) in [6.45, 7) is 1.72. The van der Waals surface area contributed by atoms with E-state index in [1.165, 1.54) is 6.92 Å². The van der Waals surface area contributed by atoms with Crippen molar-refractivity contribution < 1.29 is 9.53 Å². The van der Waals surface area contributed by atoms with Gasteiger partial charge in [-0.3, -0.25) is 4.79 Å². The molecule has 14 heavy (non-hydrogen) atoms. The molecule has 1 aromatic carbocycles. The third kappa shape index (κ3) is 4.23. The quantitative estimate of drug-likeness (QED) is 0.776. The van der Waals surface area contributed by atoms with E-state index in [4.69, 9.17) is 4.74 Å². The maximum absolute atomic E-state index is 10.4. The molecule has 2 nitrogen and oxygen atoms in total. The van der Waals surface area contributed by atoms with Gasteiger partial charge in [-0.2, -0.15) is 0 Å². The average Bonchev–Trinajstić information content (AvgIpc) is 2.12. The van der Waals surface area contributed by atoms with E-state index in [0.717, 1.165) is 10.0 Å². The fourth-order valence-electron chi connectivity index (χ4n) is 0.960. The van der Waals surface area contributed by atoms with Crippen LogP contribution < -0.4 is 0 Å². The standard InChI is InChI=1S/C11H11BrO2/c1-9(13)14-7-3-5-10-4-2-6-11(12)8-10/h2-6,8H,7H2,1H3. The molecule has 0 saturated heterocycles. The van der Waals surface area contributed by atoms with Gasteiger partial charge in [0.05, 0.1) is 0 Å². The Balaban J connectivity index is 2.47. The van der Waals surface area contributed by atoms with Crippen LogP contribution in [0.15, 0.2) is 34.8 Å². The fourth-order valence-corrected chi connectivity index (χ4v) is 1.38. The van der Waals surface area contributed by atoms with E-state index in [0.29, 0.717) is 6.61 Å². The molecular formula is C11H11BrO2. The number of carbonyl (C=O) groups excluding carboxylic acids is 1. The zero-order chi connectivity index (χ0) is 10.4. The van der Waals surface area contributed by atoms with E-state index in [1.54, 1.807) is 0 Å². The monoisotopic (exact) mass is 254 g/mol. The molecule has 0 saturated carbocycles. The molecule has 0 heterocycles. The first-order valence-corrected chi connectivity index (χ1v) is 5.03. The highest BCUT2D eigenvalue weighted by atomic mass is 79.9. The molecule has 0 N–H and O–H groups in total. The molecule has 0 amide bonds. The van der Waals surface area contributed by atoms with Crippen LogP contribution in [0, 0.1) is 0 Å². The van der Waals surface area contributed by atoms with Gasteiger partial charge >= 0.3 is 5.97 Å². The Bertz CT molecular complexity index is 345. The Morgan fingerprint density at radius 1 is 1.57 bits per heavy atom. The summed E-state index contributed by atoms with van der Waals surface area (Å²) in [6.07, 6.45) is 3.72. The predicted molar refractivity (Wildman–Crippen MR) is 59.8 cm³/mol. The highest BCUT2D eigenvalue weighted by Gasteiger charge is 1.89. The van der Waals surface area contributed by atoms with Crippen LogP contribution in [0.2, 0.25) is 0 Å². The van der Waals surface area contributed by atoms with Gasteiger partial charge in [-0.25, -0.2) is 0 Å². The third-order valence-electron chi connectivity index (χ3n) is 1.54. The predicted octanol–water partition coefficient (Wildman–Crippen LogP) is 3.03. The number of halogens is 1. The molecule has 0 atom stereocenters. The molecule has 0 aliphatic carbocycles. The van der Waals surface area contributed by atoms with Gasteiger partial charge in [-0.1, -0.05) is 34.1 Å². The van der Waals surface area contributed by atoms with Crippen molar-refractivity contribution in [1.82, 2.24) is 0 Å². The summed E-state index contributed by atoms with van der Waals surface area (Å²) in [5.41, 5.74) is 1.08. The zero-order valence-electron chi connectivity index (χ0n) is 7.87. The molecule has 1 aromatic rings.